The van der Waals surface area contributed by atoms with Crippen LogP contribution in [-0.4, -0.2) is 11.6 Å². The minimum atomic E-state index is 1.08. The molecule has 0 aliphatic rings. The third kappa shape index (κ3) is 8.28. The molecule has 0 aliphatic heterocycles. The van der Waals surface area contributed by atoms with Gasteiger partial charge in [0.1, 0.15) is 0 Å². The summed E-state index contributed by atoms with van der Waals surface area (Å²) in [5.74, 6) is 0. The Kier molecular flexibility index (Phi) is 11.5. The molecule has 0 saturated heterocycles. The maximum absolute atomic E-state index is 2.39. The number of rotatable bonds is 12. The van der Waals surface area contributed by atoms with Gasteiger partial charge >= 0.3 is 0 Å². The average molecular weight is 911 g/mol. The first-order valence-corrected chi connectivity index (χ1v) is 24.2. The van der Waals surface area contributed by atoms with Gasteiger partial charge in [-0.15, -0.1) is 0 Å². The molecular weight excluding hydrogens is 861 g/mol. The molecule has 0 saturated carbocycles. The lowest BCUT2D eigenvalue weighted by atomic mass is 9.93. The molecule has 0 N–H and O–H groups in total. The van der Waals surface area contributed by atoms with Gasteiger partial charge in [-0.3, -0.25) is 0 Å². The third-order valence-corrected chi connectivity index (χ3v) is 13.6. The van der Waals surface area contributed by atoms with Gasteiger partial charge in [-0.05, 0) is 137 Å². The molecule has 0 spiro atoms. The Hall–Kier alpha value is -9.38. The normalized spacial score (nSPS) is 11.2. The van der Waals surface area contributed by atoms with E-state index in [-0.39, 0.29) is 0 Å². The van der Waals surface area contributed by atoms with Gasteiger partial charge in [-0.2, -0.15) is 0 Å². The zero-order valence-electron chi connectivity index (χ0n) is 39.4. The molecule has 0 atom stereocenters. The van der Waals surface area contributed by atoms with Gasteiger partial charge in [0.15, 0.2) is 0 Å². The number of fused-ring (bicyclic) bond motifs is 3. The molecule has 0 amide bonds. The van der Waals surface area contributed by atoms with E-state index in [0.717, 1.165) is 84.5 Å². The van der Waals surface area contributed by atoms with Gasteiger partial charge in [0.2, 0.25) is 0 Å². The van der Waals surface area contributed by atoms with Crippen LogP contribution in [0.2, 0.25) is 0 Å². The topological polar surface area (TPSA) is 14.7 Å². The van der Waals surface area contributed by atoms with Crippen molar-refractivity contribution in [1.82, 2.24) is 4.57 Å². The number of hydrogen-bond acceptors (Lipinski definition) is 3. The maximum atomic E-state index is 2.39. The van der Waals surface area contributed by atoms with E-state index in [0.29, 0.717) is 0 Å². The summed E-state index contributed by atoms with van der Waals surface area (Å²) in [6.45, 7) is 0. The number of anilines is 8. The van der Waals surface area contributed by atoms with Crippen LogP contribution >= 0.6 is 0 Å². The fourth-order valence-corrected chi connectivity index (χ4v) is 10.2. The first-order valence-electron chi connectivity index (χ1n) is 24.2. The Morgan fingerprint density at radius 3 is 1.30 bits per heavy atom. The summed E-state index contributed by atoms with van der Waals surface area (Å²) < 4.78 is 2.39. The molecule has 71 heavy (non-hydrogen) atoms. The van der Waals surface area contributed by atoms with Crippen LogP contribution in [0.15, 0.2) is 285 Å². The molecule has 1 heterocycles. The summed E-state index contributed by atoms with van der Waals surface area (Å²) in [6, 6.07) is 102. The number of benzene rings is 11. The summed E-state index contributed by atoms with van der Waals surface area (Å²) in [7, 11) is 2.13. The van der Waals surface area contributed by atoms with Gasteiger partial charge in [-0.1, -0.05) is 176 Å². The molecule has 1 aromatic heterocycles. The van der Waals surface area contributed by atoms with Crippen LogP contribution in [0.25, 0.3) is 60.9 Å². The molecule has 4 nitrogen and oxygen atoms in total. The van der Waals surface area contributed by atoms with E-state index in [4.69, 9.17) is 0 Å². The van der Waals surface area contributed by atoms with Crippen molar-refractivity contribution >= 4 is 67.3 Å². The van der Waals surface area contributed by atoms with Crippen LogP contribution in [0, 0.1) is 0 Å². The van der Waals surface area contributed by atoms with Gasteiger partial charge in [0, 0.05) is 74.6 Å². The van der Waals surface area contributed by atoms with Crippen molar-refractivity contribution < 1.29 is 0 Å². The summed E-state index contributed by atoms with van der Waals surface area (Å²) in [5, 5.41) is 2.46. The molecule has 338 valence electrons. The Bertz CT molecular complexity index is 3770. The van der Waals surface area contributed by atoms with Crippen LogP contribution in [0.5, 0.6) is 0 Å². The lowest BCUT2D eigenvalue weighted by Gasteiger charge is -2.27. The Balaban J connectivity index is 0.920. The maximum Gasteiger partial charge on any atom is 0.0561 e. The monoisotopic (exact) mass is 910 g/mol. The molecule has 12 aromatic rings. The summed E-state index contributed by atoms with van der Waals surface area (Å²) in [4.78, 5) is 6.98. The minimum absolute atomic E-state index is 1.08. The molecule has 0 fully saturated rings. The number of nitrogens with zero attached hydrogens (tertiary/aromatic N) is 4. The SMILES string of the molecule is CN(c1ccccc1)c1ccccc1-c1ccc(N(c2ccccc2)c2cccc(-c3ccccc3-c3cccc(N(c4ccccc4)c4ccc5c6ccccc6n(-c6ccccc6)c5c4)c3)c2)cc1. The first kappa shape index (κ1) is 42.9. The highest BCUT2D eigenvalue weighted by Crippen LogP contribution is 2.44. The van der Waals surface area contributed by atoms with E-state index in [1.807, 2.05) is 0 Å². The van der Waals surface area contributed by atoms with E-state index in [1.54, 1.807) is 0 Å². The van der Waals surface area contributed by atoms with Crippen molar-refractivity contribution in [3.63, 3.8) is 0 Å². The van der Waals surface area contributed by atoms with Gasteiger partial charge in [-0.25, -0.2) is 0 Å². The van der Waals surface area contributed by atoms with Crippen LogP contribution in [0.1, 0.15) is 0 Å². The van der Waals surface area contributed by atoms with Crippen LogP contribution in [0.3, 0.4) is 0 Å². The Morgan fingerprint density at radius 2 is 0.690 bits per heavy atom. The molecular formula is C67H50N4. The van der Waals surface area contributed by atoms with Crippen molar-refractivity contribution in [3.05, 3.63) is 285 Å². The van der Waals surface area contributed by atoms with Crippen molar-refractivity contribution in [2.75, 3.05) is 21.7 Å². The second-order valence-corrected chi connectivity index (χ2v) is 17.8. The van der Waals surface area contributed by atoms with Crippen LogP contribution in [0.4, 0.5) is 45.5 Å². The number of hydrogen-bond donors (Lipinski definition) is 0. The third-order valence-electron chi connectivity index (χ3n) is 13.6. The van der Waals surface area contributed by atoms with Gasteiger partial charge < -0.3 is 19.3 Å². The molecule has 12 rings (SSSR count). The fraction of sp³-hybridized carbons (Fsp3) is 0.0149. The summed E-state index contributed by atoms with van der Waals surface area (Å²) >= 11 is 0. The number of para-hydroxylation sites is 6. The predicted octanol–water partition coefficient (Wildman–Crippen LogP) is 18.5. The van der Waals surface area contributed by atoms with E-state index < -0.39 is 0 Å². The highest BCUT2D eigenvalue weighted by molar-refractivity contribution is 6.10. The van der Waals surface area contributed by atoms with Crippen molar-refractivity contribution in [2.24, 2.45) is 0 Å². The van der Waals surface area contributed by atoms with Gasteiger partial charge in [0.05, 0.1) is 11.0 Å². The van der Waals surface area contributed by atoms with E-state index in [1.165, 1.54) is 21.9 Å². The largest absolute Gasteiger partial charge is 0.344 e. The van der Waals surface area contributed by atoms with Crippen molar-refractivity contribution in [2.45, 2.75) is 0 Å². The second-order valence-electron chi connectivity index (χ2n) is 17.8. The van der Waals surface area contributed by atoms with Crippen molar-refractivity contribution in [1.29, 1.82) is 0 Å². The van der Waals surface area contributed by atoms with Crippen LogP contribution < -0.4 is 14.7 Å². The van der Waals surface area contributed by atoms with Crippen LogP contribution in [-0.2, 0) is 0 Å². The van der Waals surface area contributed by atoms with E-state index in [9.17, 15) is 0 Å². The number of aromatic nitrogens is 1. The minimum Gasteiger partial charge on any atom is -0.344 e. The zero-order chi connectivity index (χ0) is 47.5. The first-order chi connectivity index (χ1) is 35.2. The van der Waals surface area contributed by atoms with E-state index >= 15 is 0 Å². The quantitative estimate of drug-likeness (QED) is 0.121. The predicted molar refractivity (Wildman–Crippen MR) is 301 cm³/mol. The lowest BCUT2D eigenvalue weighted by molar-refractivity contribution is 1.18. The smallest absolute Gasteiger partial charge is 0.0561 e. The Labute approximate surface area is 415 Å². The highest BCUT2D eigenvalue weighted by Gasteiger charge is 2.20. The average Bonchev–Trinajstić information content (AvgIpc) is 3.78. The standard InChI is InChI=1S/C67H50N4/c1-68(52-24-6-2-7-25-52)65-38-18-16-36-62(65)49-40-42-56(43-41-49)69(53-26-8-3-9-27-53)57-32-20-22-50(46-57)60-34-14-15-35-61(60)51-23-21-33-58(47-51)70(54-28-10-4-11-29-54)59-44-45-64-63-37-17-19-39-66(63)71(67(64)48-59)55-30-12-5-13-31-55/h2-48H,1H3. The fourth-order valence-electron chi connectivity index (χ4n) is 10.2. The van der Waals surface area contributed by atoms with Crippen molar-refractivity contribution in [3.8, 4) is 39.1 Å². The molecule has 0 radical (unpaired) electrons. The second kappa shape index (κ2) is 19.0. The lowest BCUT2D eigenvalue weighted by Crippen LogP contribution is -2.11. The molecule has 0 bridgehead atoms. The molecule has 0 unspecified atom stereocenters. The summed E-state index contributed by atoms with van der Waals surface area (Å²) in [6.07, 6.45) is 0. The Morgan fingerprint density at radius 1 is 0.268 bits per heavy atom. The molecule has 11 aromatic carbocycles. The molecule has 0 aliphatic carbocycles. The zero-order valence-corrected chi connectivity index (χ0v) is 39.4. The molecule has 4 heteroatoms. The highest BCUT2D eigenvalue weighted by atomic mass is 15.2. The summed E-state index contributed by atoms with van der Waals surface area (Å²) in [5.41, 5.74) is 19.2. The van der Waals surface area contributed by atoms with E-state index in [2.05, 4.69) is 311 Å². The van der Waals surface area contributed by atoms with Gasteiger partial charge in [0.25, 0.3) is 0 Å².